The Hall–Kier alpha value is -1.10. The number of aliphatic hydroxyl groups is 1. The molecule has 3 N–H and O–H groups in total. The maximum Gasteiger partial charge on any atom is 0.126 e. The summed E-state index contributed by atoms with van der Waals surface area (Å²) in [4.78, 5) is 2.01. The first kappa shape index (κ1) is 15.0. The number of methoxy groups -OCH3 is 1. The fraction of sp³-hybridized carbons (Fsp3) is 0.571. The van der Waals surface area contributed by atoms with E-state index in [1.165, 1.54) is 5.56 Å². The third kappa shape index (κ3) is 3.02. The van der Waals surface area contributed by atoms with Gasteiger partial charge in [-0.2, -0.15) is 0 Å². The average Bonchev–Trinajstić information content (AvgIpc) is 2.28. The Morgan fingerprint density at radius 1 is 1.33 bits per heavy atom. The predicted molar refractivity (Wildman–Crippen MR) is 74.0 cm³/mol. The van der Waals surface area contributed by atoms with Gasteiger partial charge >= 0.3 is 0 Å². The van der Waals surface area contributed by atoms with Crippen LogP contribution >= 0.6 is 0 Å². The lowest BCUT2D eigenvalue weighted by Crippen LogP contribution is -2.40. The Balaban J connectivity index is 3.35. The lowest BCUT2D eigenvalue weighted by atomic mass is 9.94. The first-order chi connectivity index (χ1) is 8.42. The van der Waals surface area contributed by atoms with E-state index in [0.29, 0.717) is 0 Å². The van der Waals surface area contributed by atoms with Gasteiger partial charge in [0.2, 0.25) is 0 Å². The lowest BCUT2D eigenvalue weighted by Gasteiger charge is -2.31. The molecule has 18 heavy (non-hydrogen) atoms. The van der Waals surface area contributed by atoms with Crippen molar-refractivity contribution in [1.82, 2.24) is 4.90 Å². The smallest absolute Gasteiger partial charge is 0.126 e. The van der Waals surface area contributed by atoms with Crippen LogP contribution in [0.1, 0.15) is 22.7 Å². The largest absolute Gasteiger partial charge is 0.496 e. The molecule has 4 nitrogen and oxygen atoms in total. The van der Waals surface area contributed by atoms with E-state index in [0.717, 1.165) is 16.9 Å². The van der Waals surface area contributed by atoms with Crippen LogP contribution in [0.3, 0.4) is 0 Å². The summed E-state index contributed by atoms with van der Waals surface area (Å²) in [6.45, 7) is 4.01. The van der Waals surface area contributed by atoms with Crippen molar-refractivity contribution in [3.63, 3.8) is 0 Å². The Morgan fingerprint density at radius 2 is 1.94 bits per heavy atom. The molecule has 4 heteroatoms. The Labute approximate surface area is 109 Å². The monoisotopic (exact) mass is 252 g/mol. The van der Waals surface area contributed by atoms with Gasteiger partial charge in [0.25, 0.3) is 0 Å². The van der Waals surface area contributed by atoms with Gasteiger partial charge in [0, 0.05) is 11.6 Å². The van der Waals surface area contributed by atoms with E-state index in [2.05, 4.69) is 12.1 Å². The topological polar surface area (TPSA) is 58.7 Å². The lowest BCUT2D eigenvalue weighted by molar-refractivity contribution is 0.178. The highest BCUT2D eigenvalue weighted by Crippen LogP contribution is 2.33. The molecule has 0 heterocycles. The van der Waals surface area contributed by atoms with Crippen molar-refractivity contribution in [1.29, 1.82) is 0 Å². The highest BCUT2D eigenvalue weighted by molar-refractivity contribution is 5.46. The fourth-order valence-corrected chi connectivity index (χ4v) is 2.48. The molecule has 2 unspecified atom stereocenters. The van der Waals surface area contributed by atoms with Crippen molar-refractivity contribution in [3.05, 3.63) is 28.8 Å². The molecule has 0 aliphatic rings. The van der Waals surface area contributed by atoms with Crippen molar-refractivity contribution >= 4 is 0 Å². The van der Waals surface area contributed by atoms with E-state index in [4.69, 9.17) is 10.5 Å². The minimum absolute atomic E-state index is 0.0566. The number of aryl methyl sites for hydroxylation is 2. The summed E-state index contributed by atoms with van der Waals surface area (Å²) >= 11 is 0. The highest BCUT2D eigenvalue weighted by Gasteiger charge is 2.25. The number of hydrogen-bond donors (Lipinski definition) is 2. The molecule has 0 amide bonds. The summed E-state index contributed by atoms with van der Waals surface area (Å²) in [5, 5.41) is 9.33. The van der Waals surface area contributed by atoms with Crippen molar-refractivity contribution < 1.29 is 9.84 Å². The maximum atomic E-state index is 9.33. The van der Waals surface area contributed by atoms with E-state index in [9.17, 15) is 5.11 Å². The number of nitrogens with two attached hydrogens (primary N) is 1. The third-order valence-electron chi connectivity index (χ3n) is 3.14. The standard InChI is InChI=1S/C14H24N2O2/c1-9-6-10(2)14(18-5)11(7-9)13(16(3)4)12(15)8-17/h6-7,12-13,17H,8,15H2,1-5H3. The molecule has 0 saturated carbocycles. The number of rotatable bonds is 5. The van der Waals surface area contributed by atoms with E-state index >= 15 is 0 Å². The van der Waals surface area contributed by atoms with Gasteiger partial charge in [-0.15, -0.1) is 0 Å². The van der Waals surface area contributed by atoms with E-state index in [1.54, 1.807) is 7.11 Å². The molecular formula is C14H24N2O2. The molecule has 1 aromatic carbocycles. The van der Waals surface area contributed by atoms with Crippen molar-refractivity contribution in [3.8, 4) is 5.75 Å². The number of ether oxygens (including phenoxy) is 1. The molecule has 0 bridgehead atoms. The van der Waals surface area contributed by atoms with Crippen LogP contribution in [-0.4, -0.2) is 43.9 Å². The van der Waals surface area contributed by atoms with Crippen molar-refractivity contribution in [2.75, 3.05) is 27.8 Å². The second-order valence-electron chi connectivity index (χ2n) is 4.96. The van der Waals surface area contributed by atoms with Crippen LogP contribution < -0.4 is 10.5 Å². The van der Waals surface area contributed by atoms with Crippen molar-refractivity contribution in [2.24, 2.45) is 5.73 Å². The van der Waals surface area contributed by atoms with Gasteiger partial charge in [0.15, 0.2) is 0 Å². The average molecular weight is 252 g/mol. The zero-order chi connectivity index (χ0) is 13.9. The summed E-state index contributed by atoms with van der Waals surface area (Å²) in [6.07, 6.45) is 0. The minimum atomic E-state index is -0.338. The minimum Gasteiger partial charge on any atom is -0.496 e. The number of nitrogens with zero attached hydrogens (tertiary/aromatic N) is 1. The summed E-state index contributed by atoms with van der Waals surface area (Å²) in [7, 11) is 5.58. The van der Waals surface area contributed by atoms with Crippen LogP contribution in [0.25, 0.3) is 0 Å². The van der Waals surface area contributed by atoms with Gasteiger partial charge in [-0.05, 0) is 33.5 Å². The Bertz CT molecular complexity index is 405. The normalized spacial score (nSPS) is 14.7. The quantitative estimate of drug-likeness (QED) is 0.827. The summed E-state index contributed by atoms with van der Waals surface area (Å²) in [5.41, 5.74) is 9.31. The third-order valence-corrected chi connectivity index (χ3v) is 3.14. The summed E-state index contributed by atoms with van der Waals surface area (Å²) in [5.74, 6) is 0.850. The molecule has 0 aliphatic carbocycles. The molecule has 0 aliphatic heterocycles. The Kier molecular flexibility index (Phi) is 5.14. The van der Waals surface area contributed by atoms with Crippen LogP contribution in [0, 0.1) is 13.8 Å². The maximum absolute atomic E-state index is 9.33. The van der Waals surface area contributed by atoms with E-state index in [1.807, 2.05) is 32.8 Å². The number of hydrogen-bond acceptors (Lipinski definition) is 4. The summed E-state index contributed by atoms with van der Waals surface area (Å²) < 4.78 is 5.49. The van der Waals surface area contributed by atoms with E-state index < -0.39 is 0 Å². The molecule has 102 valence electrons. The van der Waals surface area contributed by atoms with Crippen LogP contribution in [-0.2, 0) is 0 Å². The van der Waals surface area contributed by atoms with Crippen LogP contribution in [0.15, 0.2) is 12.1 Å². The molecule has 0 spiro atoms. The predicted octanol–water partition coefficient (Wildman–Crippen LogP) is 1.23. The fourth-order valence-electron chi connectivity index (χ4n) is 2.48. The molecule has 1 aromatic rings. The van der Waals surface area contributed by atoms with Gasteiger partial charge in [-0.3, -0.25) is 0 Å². The van der Waals surface area contributed by atoms with Gasteiger partial charge in [0.05, 0.1) is 19.8 Å². The van der Waals surface area contributed by atoms with Crippen molar-refractivity contribution in [2.45, 2.75) is 25.9 Å². The molecule has 1 rings (SSSR count). The molecular weight excluding hydrogens is 228 g/mol. The molecule has 2 atom stereocenters. The Morgan fingerprint density at radius 3 is 2.39 bits per heavy atom. The van der Waals surface area contributed by atoms with E-state index in [-0.39, 0.29) is 18.7 Å². The number of aliphatic hydroxyl groups excluding tert-OH is 1. The molecule has 0 radical (unpaired) electrons. The molecule has 0 fully saturated rings. The second-order valence-corrected chi connectivity index (χ2v) is 4.96. The first-order valence-corrected chi connectivity index (χ1v) is 6.10. The van der Waals surface area contributed by atoms with Crippen LogP contribution in [0.4, 0.5) is 0 Å². The van der Waals surface area contributed by atoms with Gasteiger partial charge < -0.3 is 20.5 Å². The highest BCUT2D eigenvalue weighted by atomic mass is 16.5. The van der Waals surface area contributed by atoms with Gasteiger partial charge in [0.1, 0.15) is 5.75 Å². The zero-order valence-corrected chi connectivity index (χ0v) is 11.9. The SMILES string of the molecule is COc1c(C)cc(C)cc1C(C(N)CO)N(C)C. The van der Waals surface area contributed by atoms with Crippen LogP contribution in [0.5, 0.6) is 5.75 Å². The first-order valence-electron chi connectivity index (χ1n) is 6.10. The number of benzene rings is 1. The molecule has 0 saturated heterocycles. The number of likely N-dealkylation sites (N-methyl/N-ethyl adjacent to an activating group) is 1. The zero-order valence-electron chi connectivity index (χ0n) is 11.9. The van der Waals surface area contributed by atoms with Gasteiger partial charge in [-0.1, -0.05) is 17.7 Å². The van der Waals surface area contributed by atoms with Crippen LogP contribution in [0.2, 0.25) is 0 Å². The summed E-state index contributed by atoms with van der Waals surface area (Å²) in [6, 6.07) is 3.75. The molecule has 0 aromatic heterocycles. The second kappa shape index (κ2) is 6.18. The van der Waals surface area contributed by atoms with Gasteiger partial charge in [-0.25, -0.2) is 0 Å².